The molecule has 4 rings (SSSR count). The third-order valence-corrected chi connectivity index (χ3v) is 5.77. The molecule has 4 atom stereocenters. The number of phenolic OH excluding ortho intramolecular Hbond substituents is 1. The molecule has 1 saturated carbocycles. The number of aromatic hydroxyl groups is 1. The van der Waals surface area contributed by atoms with Crippen LogP contribution in [-0.4, -0.2) is 51.6 Å². The Morgan fingerprint density at radius 2 is 1.86 bits per heavy atom. The van der Waals surface area contributed by atoms with Gasteiger partial charge in [0.1, 0.15) is 11.9 Å². The lowest BCUT2D eigenvalue weighted by molar-refractivity contribution is 0.0178. The molecule has 3 N–H and O–H groups in total. The molecule has 28 heavy (non-hydrogen) atoms. The van der Waals surface area contributed by atoms with Gasteiger partial charge >= 0.3 is 0 Å². The SMILES string of the molecule is Oc1c(F)cc([C@H](O)CN2C[C@@H]3C[C@@H](Oc4ccccc4)C[C@]3(O)C2)cc1F. The summed E-state index contributed by atoms with van der Waals surface area (Å²) in [4.78, 5) is 1.90. The van der Waals surface area contributed by atoms with Gasteiger partial charge in [-0.15, -0.1) is 0 Å². The van der Waals surface area contributed by atoms with Crippen LogP contribution in [-0.2, 0) is 0 Å². The van der Waals surface area contributed by atoms with Crippen molar-refractivity contribution < 1.29 is 28.8 Å². The number of aliphatic hydroxyl groups excluding tert-OH is 1. The second-order valence-corrected chi connectivity index (χ2v) is 7.84. The summed E-state index contributed by atoms with van der Waals surface area (Å²) < 4.78 is 33.0. The highest BCUT2D eigenvalue weighted by Crippen LogP contribution is 2.43. The van der Waals surface area contributed by atoms with Crippen molar-refractivity contribution in [3.8, 4) is 11.5 Å². The Kier molecular flexibility index (Phi) is 4.99. The van der Waals surface area contributed by atoms with E-state index < -0.39 is 29.1 Å². The molecule has 1 aliphatic heterocycles. The summed E-state index contributed by atoms with van der Waals surface area (Å²) >= 11 is 0. The number of hydrogen-bond donors (Lipinski definition) is 3. The molecule has 1 aliphatic carbocycles. The van der Waals surface area contributed by atoms with Crippen molar-refractivity contribution in [1.29, 1.82) is 0 Å². The lowest BCUT2D eigenvalue weighted by Crippen LogP contribution is -2.36. The Morgan fingerprint density at radius 1 is 1.18 bits per heavy atom. The summed E-state index contributed by atoms with van der Waals surface area (Å²) in [6.45, 7) is 1.09. The van der Waals surface area contributed by atoms with Crippen molar-refractivity contribution in [2.45, 2.75) is 30.7 Å². The number of β-amino-alcohol motifs (C(OH)–C–C–N with tert-alkyl or cyclic N) is 2. The van der Waals surface area contributed by atoms with Crippen molar-refractivity contribution in [1.82, 2.24) is 4.90 Å². The van der Waals surface area contributed by atoms with E-state index in [1.807, 2.05) is 35.2 Å². The predicted molar refractivity (Wildman–Crippen MR) is 98.0 cm³/mol. The predicted octanol–water partition coefficient (Wildman–Crippen LogP) is 2.61. The van der Waals surface area contributed by atoms with Crippen LogP contribution >= 0.6 is 0 Å². The molecule has 0 amide bonds. The average molecular weight is 391 g/mol. The number of para-hydroxylation sites is 1. The molecule has 1 saturated heterocycles. The number of likely N-dealkylation sites (tertiary alicyclic amines) is 1. The van der Waals surface area contributed by atoms with E-state index in [9.17, 15) is 24.1 Å². The minimum Gasteiger partial charge on any atom is -0.503 e. The van der Waals surface area contributed by atoms with E-state index in [-0.39, 0.29) is 24.1 Å². The molecule has 2 aromatic carbocycles. The molecule has 0 aromatic heterocycles. The molecule has 0 unspecified atom stereocenters. The largest absolute Gasteiger partial charge is 0.503 e. The quantitative estimate of drug-likeness (QED) is 0.731. The fraction of sp³-hybridized carbons (Fsp3) is 0.429. The number of phenols is 1. The Morgan fingerprint density at radius 3 is 2.50 bits per heavy atom. The lowest BCUT2D eigenvalue weighted by Gasteiger charge is -2.25. The Balaban J connectivity index is 1.36. The Bertz CT molecular complexity index is 827. The first-order valence-electron chi connectivity index (χ1n) is 9.36. The van der Waals surface area contributed by atoms with Gasteiger partial charge in [-0.1, -0.05) is 18.2 Å². The molecule has 2 fully saturated rings. The summed E-state index contributed by atoms with van der Waals surface area (Å²) in [6, 6.07) is 11.3. The Labute approximate surface area is 161 Å². The molecule has 2 aromatic rings. The highest BCUT2D eigenvalue weighted by Gasteiger charge is 2.52. The highest BCUT2D eigenvalue weighted by atomic mass is 19.1. The van der Waals surface area contributed by atoms with Crippen LogP contribution in [0.15, 0.2) is 42.5 Å². The second-order valence-electron chi connectivity index (χ2n) is 7.84. The number of fused-ring (bicyclic) bond motifs is 1. The minimum absolute atomic E-state index is 0.0155. The van der Waals surface area contributed by atoms with Crippen LogP contribution in [0.5, 0.6) is 11.5 Å². The topological polar surface area (TPSA) is 73.2 Å². The van der Waals surface area contributed by atoms with Gasteiger partial charge in [0.15, 0.2) is 17.4 Å². The third-order valence-electron chi connectivity index (χ3n) is 5.77. The van der Waals surface area contributed by atoms with E-state index in [0.29, 0.717) is 25.9 Å². The van der Waals surface area contributed by atoms with E-state index in [1.165, 1.54) is 0 Å². The summed E-state index contributed by atoms with van der Waals surface area (Å²) in [6.07, 6.45) is 0.0235. The van der Waals surface area contributed by atoms with Crippen molar-refractivity contribution in [2.24, 2.45) is 5.92 Å². The monoisotopic (exact) mass is 391 g/mol. The van der Waals surface area contributed by atoms with E-state index in [2.05, 4.69) is 0 Å². The van der Waals surface area contributed by atoms with Gasteiger partial charge in [-0.2, -0.15) is 0 Å². The van der Waals surface area contributed by atoms with Gasteiger partial charge in [0.25, 0.3) is 0 Å². The van der Waals surface area contributed by atoms with Crippen LogP contribution in [0.2, 0.25) is 0 Å². The fourth-order valence-corrected chi connectivity index (χ4v) is 4.43. The molecule has 0 bridgehead atoms. The maximum absolute atomic E-state index is 13.5. The van der Waals surface area contributed by atoms with Crippen molar-refractivity contribution in [2.75, 3.05) is 19.6 Å². The first kappa shape index (κ1) is 19.1. The van der Waals surface area contributed by atoms with Gasteiger partial charge in [-0.3, -0.25) is 4.90 Å². The molecule has 150 valence electrons. The zero-order chi connectivity index (χ0) is 19.9. The molecular weight excluding hydrogens is 368 g/mol. The molecule has 7 heteroatoms. The van der Waals surface area contributed by atoms with Gasteiger partial charge < -0.3 is 20.1 Å². The third kappa shape index (κ3) is 3.70. The number of rotatable bonds is 5. The van der Waals surface area contributed by atoms with Gasteiger partial charge in [0.2, 0.25) is 0 Å². The first-order valence-corrected chi connectivity index (χ1v) is 9.36. The molecule has 5 nitrogen and oxygen atoms in total. The van der Waals surface area contributed by atoms with Crippen molar-refractivity contribution in [3.05, 3.63) is 59.7 Å². The summed E-state index contributed by atoms with van der Waals surface area (Å²) in [5.41, 5.74) is -0.841. The van der Waals surface area contributed by atoms with E-state index in [0.717, 1.165) is 17.9 Å². The van der Waals surface area contributed by atoms with Crippen LogP contribution in [0.1, 0.15) is 24.5 Å². The molecule has 0 spiro atoms. The van der Waals surface area contributed by atoms with Crippen LogP contribution in [0.3, 0.4) is 0 Å². The maximum atomic E-state index is 13.5. The molecule has 0 radical (unpaired) electrons. The minimum atomic E-state index is -1.12. The van der Waals surface area contributed by atoms with Crippen LogP contribution in [0, 0.1) is 17.6 Å². The van der Waals surface area contributed by atoms with Crippen LogP contribution in [0.25, 0.3) is 0 Å². The zero-order valence-corrected chi connectivity index (χ0v) is 15.3. The first-order chi connectivity index (χ1) is 13.3. The van der Waals surface area contributed by atoms with Crippen molar-refractivity contribution >= 4 is 0 Å². The second kappa shape index (κ2) is 7.31. The number of benzene rings is 2. The summed E-state index contributed by atoms with van der Waals surface area (Å²) in [5.74, 6) is -2.47. The van der Waals surface area contributed by atoms with Crippen LogP contribution < -0.4 is 4.74 Å². The van der Waals surface area contributed by atoms with E-state index in [1.54, 1.807) is 0 Å². The molecular formula is C21H23F2NO4. The standard InChI is InChI=1S/C21H23F2NO4/c22-17-6-13(7-18(23)20(17)26)19(25)11-24-10-14-8-16(9-21(14,27)12-24)28-15-4-2-1-3-5-15/h1-7,14,16,19,25-27H,8-12H2/t14-,16+,19+,21-/m0/s1. The number of ether oxygens (including phenoxy) is 1. The van der Waals surface area contributed by atoms with Gasteiger partial charge in [-0.25, -0.2) is 8.78 Å². The van der Waals surface area contributed by atoms with Gasteiger partial charge in [0.05, 0.1) is 11.7 Å². The fourth-order valence-electron chi connectivity index (χ4n) is 4.43. The number of halogens is 2. The smallest absolute Gasteiger partial charge is 0.187 e. The molecule has 2 aliphatic rings. The number of aliphatic hydroxyl groups is 2. The van der Waals surface area contributed by atoms with E-state index in [4.69, 9.17) is 4.74 Å². The Hall–Kier alpha value is -2.22. The number of hydrogen-bond acceptors (Lipinski definition) is 5. The van der Waals surface area contributed by atoms with Gasteiger partial charge in [0, 0.05) is 32.0 Å². The number of nitrogens with zero attached hydrogens (tertiary/aromatic N) is 1. The maximum Gasteiger partial charge on any atom is 0.187 e. The highest BCUT2D eigenvalue weighted by molar-refractivity contribution is 5.31. The van der Waals surface area contributed by atoms with E-state index >= 15 is 0 Å². The normalized spacial score (nSPS) is 28.3. The van der Waals surface area contributed by atoms with Gasteiger partial charge in [-0.05, 0) is 36.2 Å². The summed E-state index contributed by atoms with van der Waals surface area (Å²) in [5, 5.41) is 30.5. The lowest BCUT2D eigenvalue weighted by atomic mass is 9.95. The van der Waals surface area contributed by atoms with Crippen molar-refractivity contribution in [3.63, 3.8) is 0 Å². The average Bonchev–Trinajstić information content (AvgIpc) is 3.10. The molecule has 1 heterocycles. The zero-order valence-electron chi connectivity index (χ0n) is 15.3. The summed E-state index contributed by atoms with van der Waals surface area (Å²) in [7, 11) is 0. The van der Waals surface area contributed by atoms with Crippen LogP contribution in [0.4, 0.5) is 8.78 Å².